The maximum atomic E-state index is 9.04. The Bertz CT molecular complexity index is 466. The molecule has 0 spiro atoms. The third kappa shape index (κ3) is 2.27. The minimum absolute atomic E-state index is 0.00393. The Balaban J connectivity index is 2.34. The van der Waals surface area contributed by atoms with Gasteiger partial charge in [-0.25, -0.2) is 0 Å². The molecule has 2 rings (SSSR count). The molecule has 0 saturated heterocycles. The first-order chi connectivity index (χ1) is 7.83. The van der Waals surface area contributed by atoms with Gasteiger partial charge in [-0.3, -0.25) is 4.98 Å². The van der Waals surface area contributed by atoms with Crippen molar-refractivity contribution in [2.75, 3.05) is 0 Å². The molecule has 1 aromatic carbocycles. The molecule has 0 fully saturated rings. The number of hydrogen-bond acceptors (Lipinski definition) is 3. The molecular formula is C13H13NO2. The highest BCUT2D eigenvalue weighted by Gasteiger charge is 2.00. The van der Waals surface area contributed by atoms with Crippen molar-refractivity contribution in [3.8, 4) is 11.3 Å². The topological polar surface area (TPSA) is 53.4 Å². The van der Waals surface area contributed by atoms with Crippen LogP contribution < -0.4 is 0 Å². The lowest BCUT2D eigenvalue weighted by Crippen LogP contribution is -1.89. The van der Waals surface area contributed by atoms with Crippen LogP contribution in [0.1, 0.15) is 11.1 Å². The highest BCUT2D eigenvalue weighted by Crippen LogP contribution is 2.18. The number of benzene rings is 1. The van der Waals surface area contributed by atoms with Crippen LogP contribution in [0.25, 0.3) is 11.3 Å². The normalized spacial score (nSPS) is 10.4. The highest BCUT2D eigenvalue weighted by atomic mass is 16.3. The van der Waals surface area contributed by atoms with Crippen LogP contribution in [0.2, 0.25) is 0 Å². The van der Waals surface area contributed by atoms with E-state index in [1.807, 2.05) is 36.4 Å². The van der Waals surface area contributed by atoms with Crippen molar-refractivity contribution >= 4 is 0 Å². The minimum Gasteiger partial charge on any atom is -0.392 e. The molecule has 82 valence electrons. The number of pyridine rings is 1. The van der Waals surface area contributed by atoms with Crippen molar-refractivity contribution in [3.63, 3.8) is 0 Å². The zero-order chi connectivity index (χ0) is 11.4. The molecule has 0 aliphatic heterocycles. The van der Waals surface area contributed by atoms with Crippen LogP contribution >= 0.6 is 0 Å². The van der Waals surface area contributed by atoms with Gasteiger partial charge in [0.25, 0.3) is 0 Å². The van der Waals surface area contributed by atoms with Gasteiger partial charge in [-0.05, 0) is 23.3 Å². The van der Waals surface area contributed by atoms with E-state index in [1.54, 1.807) is 6.20 Å². The van der Waals surface area contributed by atoms with E-state index in [2.05, 4.69) is 4.98 Å². The largest absolute Gasteiger partial charge is 0.392 e. The van der Waals surface area contributed by atoms with Crippen LogP contribution in [0.15, 0.2) is 42.6 Å². The number of rotatable bonds is 3. The van der Waals surface area contributed by atoms with Crippen molar-refractivity contribution in [1.29, 1.82) is 0 Å². The molecule has 0 unspecified atom stereocenters. The fourth-order valence-corrected chi connectivity index (χ4v) is 1.52. The molecular weight excluding hydrogens is 202 g/mol. The highest BCUT2D eigenvalue weighted by molar-refractivity contribution is 5.59. The van der Waals surface area contributed by atoms with Crippen molar-refractivity contribution < 1.29 is 10.2 Å². The van der Waals surface area contributed by atoms with Crippen LogP contribution in [0.4, 0.5) is 0 Å². The number of aliphatic hydroxyl groups excluding tert-OH is 2. The second kappa shape index (κ2) is 4.88. The summed E-state index contributed by atoms with van der Waals surface area (Å²) >= 11 is 0. The van der Waals surface area contributed by atoms with Gasteiger partial charge in [0.2, 0.25) is 0 Å². The summed E-state index contributed by atoms with van der Waals surface area (Å²) < 4.78 is 0. The maximum absolute atomic E-state index is 9.04. The lowest BCUT2D eigenvalue weighted by atomic mass is 10.1. The van der Waals surface area contributed by atoms with E-state index in [4.69, 9.17) is 10.2 Å². The molecule has 1 heterocycles. The summed E-state index contributed by atoms with van der Waals surface area (Å²) in [4.78, 5) is 4.25. The summed E-state index contributed by atoms with van der Waals surface area (Å²) in [6.07, 6.45) is 1.65. The van der Waals surface area contributed by atoms with Crippen LogP contribution in [0.5, 0.6) is 0 Å². The van der Waals surface area contributed by atoms with Gasteiger partial charge in [0, 0.05) is 11.8 Å². The van der Waals surface area contributed by atoms with Crippen molar-refractivity contribution in [1.82, 2.24) is 4.98 Å². The molecule has 0 saturated carbocycles. The number of hydrogen-bond donors (Lipinski definition) is 2. The Labute approximate surface area is 94.0 Å². The fraction of sp³-hybridized carbons (Fsp3) is 0.154. The molecule has 16 heavy (non-hydrogen) atoms. The van der Waals surface area contributed by atoms with Gasteiger partial charge in [0.05, 0.1) is 18.9 Å². The van der Waals surface area contributed by atoms with E-state index in [1.165, 1.54) is 0 Å². The van der Waals surface area contributed by atoms with Crippen molar-refractivity contribution in [2.24, 2.45) is 0 Å². The molecule has 0 bridgehead atoms. The zero-order valence-corrected chi connectivity index (χ0v) is 8.80. The van der Waals surface area contributed by atoms with E-state index >= 15 is 0 Å². The third-order valence-corrected chi connectivity index (χ3v) is 2.41. The van der Waals surface area contributed by atoms with Gasteiger partial charge in [-0.2, -0.15) is 0 Å². The predicted molar refractivity (Wildman–Crippen MR) is 61.5 cm³/mol. The molecule has 1 aromatic heterocycles. The number of aliphatic hydroxyl groups is 2. The first kappa shape index (κ1) is 10.8. The van der Waals surface area contributed by atoms with Gasteiger partial charge in [0.1, 0.15) is 0 Å². The molecule has 0 aliphatic rings. The second-order valence-electron chi connectivity index (χ2n) is 3.57. The van der Waals surface area contributed by atoms with E-state index in [0.717, 1.165) is 22.4 Å². The smallest absolute Gasteiger partial charge is 0.0702 e. The Morgan fingerprint density at radius 1 is 0.938 bits per heavy atom. The Morgan fingerprint density at radius 2 is 1.75 bits per heavy atom. The maximum Gasteiger partial charge on any atom is 0.0702 e. The van der Waals surface area contributed by atoms with Crippen molar-refractivity contribution in [2.45, 2.75) is 13.2 Å². The summed E-state index contributed by atoms with van der Waals surface area (Å²) in [5, 5.41) is 17.9. The Morgan fingerprint density at radius 3 is 2.38 bits per heavy atom. The van der Waals surface area contributed by atoms with Crippen LogP contribution in [-0.4, -0.2) is 15.2 Å². The monoisotopic (exact) mass is 215 g/mol. The van der Waals surface area contributed by atoms with Crippen LogP contribution in [-0.2, 0) is 13.2 Å². The molecule has 2 aromatic rings. The summed E-state index contributed by atoms with van der Waals surface area (Å²) in [6, 6.07) is 11.3. The van der Waals surface area contributed by atoms with E-state index in [9.17, 15) is 0 Å². The van der Waals surface area contributed by atoms with Gasteiger partial charge in [-0.1, -0.05) is 24.3 Å². The summed E-state index contributed by atoms with van der Waals surface area (Å²) in [6.45, 7) is 0.0342. The van der Waals surface area contributed by atoms with Gasteiger partial charge < -0.3 is 10.2 Å². The zero-order valence-electron chi connectivity index (χ0n) is 8.80. The minimum atomic E-state index is 0.00393. The quantitative estimate of drug-likeness (QED) is 0.819. The average Bonchev–Trinajstić information content (AvgIpc) is 2.39. The molecule has 3 nitrogen and oxygen atoms in total. The van der Waals surface area contributed by atoms with Crippen LogP contribution in [0.3, 0.4) is 0 Å². The van der Waals surface area contributed by atoms with Gasteiger partial charge >= 0.3 is 0 Å². The predicted octanol–water partition coefficient (Wildman–Crippen LogP) is 1.73. The molecule has 0 atom stereocenters. The summed E-state index contributed by atoms with van der Waals surface area (Å²) in [5.41, 5.74) is 3.47. The van der Waals surface area contributed by atoms with Gasteiger partial charge in [-0.15, -0.1) is 0 Å². The molecule has 0 aliphatic carbocycles. The second-order valence-corrected chi connectivity index (χ2v) is 3.57. The van der Waals surface area contributed by atoms with E-state index in [0.29, 0.717) is 0 Å². The number of nitrogens with zero attached hydrogens (tertiary/aromatic N) is 1. The lowest BCUT2D eigenvalue weighted by molar-refractivity contribution is 0.281. The molecule has 0 radical (unpaired) electrons. The lowest BCUT2D eigenvalue weighted by Gasteiger charge is -2.03. The van der Waals surface area contributed by atoms with E-state index in [-0.39, 0.29) is 13.2 Å². The van der Waals surface area contributed by atoms with Crippen molar-refractivity contribution in [3.05, 3.63) is 53.7 Å². The third-order valence-electron chi connectivity index (χ3n) is 2.41. The first-order valence-electron chi connectivity index (χ1n) is 5.09. The standard InChI is InChI=1S/C13H13NO2/c15-8-10-2-1-3-12(6-10)13-5-4-11(9-16)7-14-13/h1-7,15-16H,8-9H2. The van der Waals surface area contributed by atoms with Crippen LogP contribution in [0, 0.1) is 0 Å². The van der Waals surface area contributed by atoms with Gasteiger partial charge in [0.15, 0.2) is 0 Å². The average molecular weight is 215 g/mol. The first-order valence-corrected chi connectivity index (χ1v) is 5.09. The summed E-state index contributed by atoms with van der Waals surface area (Å²) in [5.74, 6) is 0. The molecule has 2 N–H and O–H groups in total. The SMILES string of the molecule is OCc1ccc(-c2cccc(CO)c2)nc1. The van der Waals surface area contributed by atoms with E-state index < -0.39 is 0 Å². The Kier molecular flexibility index (Phi) is 3.29. The summed E-state index contributed by atoms with van der Waals surface area (Å²) in [7, 11) is 0. The molecule has 3 heteroatoms. The Hall–Kier alpha value is -1.71. The fourth-order valence-electron chi connectivity index (χ4n) is 1.52. The number of aromatic nitrogens is 1. The molecule has 0 amide bonds.